The molecule has 0 fully saturated rings. The number of carbonyl (C=O) groups excluding carboxylic acids is 2. The van der Waals surface area contributed by atoms with Crippen molar-refractivity contribution in [3.63, 3.8) is 0 Å². The van der Waals surface area contributed by atoms with E-state index in [1.807, 2.05) is 28.1 Å². The third-order valence-corrected chi connectivity index (χ3v) is 9.02. The van der Waals surface area contributed by atoms with Gasteiger partial charge in [-0.05, 0) is 71.1 Å². The number of hydrogen-bond acceptors (Lipinski definition) is 4. The Bertz CT molecular complexity index is 776. The second kappa shape index (κ2) is 35.5. The number of rotatable bonds is 34. The van der Waals surface area contributed by atoms with E-state index in [0.29, 0.717) is 17.3 Å². The van der Waals surface area contributed by atoms with Gasteiger partial charge in [-0.15, -0.1) is 0 Å². The van der Waals surface area contributed by atoms with Crippen LogP contribution in [0.15, 0.2) is 24.3 Å². The fraction of sp³-hybridized carbons (Fsp3) is 0.857. The van der Waals surface area contributed by atoms with Gasteiger partial charge in [-0.3, -0.25) is 14.1 Å². The van der Waals surface area contributed by atoms with Crippen LogP contribution in [0.5, 0.6) is 0 Å². The molecule has 0 aliphatic rings. The predicted molar refractivity (Wildman–Crippen MR) is 202 cm³/mol. The number of hydrogen-bond donors (Lipinski definition) is 0. The fourth-order valence-corrected chi connectivity index (χ4v) is 6.08. The Morgan fingerprint density at radius 1 is 0.479 bits per heavy atom. The summed E-state index contributed by atoms with van der Waals surface area (Å²) in [6.07, 6.45) is 41.3. The fourth-order valence-electron chi connectivity index (χ4n) is 6.08. The van der Waals surface area contributed by atoms with Crippen LogP contribution in [0.3, 0.4) is 0 Å². The van der Waals surface area contributed by atoms with Crippen molar-refractivity contribution in [2.24, 2.45) is 0 Å². The quantitative estimate of drug-likeness (QED) is 0.0221. The molecule has 0 radical (unpaired) electrons. The van der Waals surface area contributed by atoms with Gasteiger partial charge in [-0.2, -0.15) is 0 Å². The van der Waals surface area contributed by atoms with Crippen molar-refractivity contribution in [1.29, 1.82) is 0 Å². The zero-order chi connectivity index (χ0) is 34.9. The molecular weight excluding hydrogens is 618 g/mol. The Morgan fingerprint density at radius 3 is 1.10 bits per heavy atom. The normalized spacial score (nSPS) is 13.1. The first-order valence-electron chi connectivity index (χ1n) is 20.2. The molecule has 0 aromatic carbocycles. The highest BCUT2D eigenvalue weighted by Gasteiger charge is 2.36. The molecule has 0 amide bonds. The minimum absolute atomic E-state index is 0. The van der Waals surface area contributed by atoms with Gasteiger partial charge in [-0.25, -0.2) is 0 Å². The molecule has 0 saturated carbocycles. The molecule has 0 aliphatic heterocycles. The maximum atomic E-state index is 12.7. The summed E-state index contributed by atoms with van der Waals surface area (Å²) in [5.74, 6) is -0.386. The lowest BCUT2D eigenvalue weighted by atomic mass is 10.1. The van der Waals surface area contributed by atoms with Crippen LogP contribution in [-0.4, -0.2) is 49.9 Å². The summed E-state index contributed by atoms with van der Waals surface area (Å²) >= 11 is 0. The van der Waals surface area contributed by atoms with Crippen LogP contribution in [0.1, 0.15) is 201 Å². The van der Waals surface area contributed by atoms with Crippen molar-refractivity contribution in [2.75, 3.05) is 21.1 Å². The van der Waals surface area contributed by atoms with Crippen molar-refractivity contribution in [1.82, 2.24) is 0 Å². The molecule has 0 heterocycles. The van der Waals surface area contributed by atoms with Crippen LogP contribution >= 0.6 is 0 Å². The number of likely N-dealkylation sites (N-methyl/N-ethyl adjacent to an activating group) is 1. The average molecular weight is 699 g/mol. The molecule has 6 heteroatoms. The smallest absolute Gasteiger partial charge is 0.310 e. The van der Waals surface area contributed by atoms with Crippen LogP contribution in [0.2, 0.25) is 0 Å². The van der Waals surface area contributed by atoms with Gasteiger partial charge in [0.05, 0.1) is 21.1 Å². The molecule has 48 heavy (non-hydrogen) atoms. The van der Waals surface area contributed by atoms with Crippen molar-refractivity contribution >= 4 is 11.9 Å². The summed E-state index contributed by atoms with van der Waals surface area (Å²) in [5, 5.41) is 0. The first-order valence-corrected chi connectivity index (χ1v) is 20.2. The Balaban J connectivity index is 0. The Hall–Kier alpha value is -1.33. The van der Waals surface area contributed by atoms with Gasteiger partial charge in [0.15, 0.2) is 6.10 Å². The molecule has 0 aliphatic carbocycles. The van der Waals surface area contributed by atoms with E-state index in [9.17, 15) is 9.59 Å². The number of quaternary nitrogens is 1. The largest absolute Gasteiger partial charge is 1.00 e. The van der Waals surface area contributed by atoms with Crippen LogP contribution in [-0.2, 0) is 19.1 Å². The van der Waals surface area contributed by atoms with E-state index < -0.39 is 12.3 Å². The zero-order valence-electron chi connectivity index (χ0n) is 32.7. The molecule has 2 unspecified atom stereocenters. The third-order valence-electron chi connectivity index (χ3n) is 9.02. The van der Waals surface area contributed by atoms with Gasteiger partial charge in [0.1, 0.15) is 0 Å². The molecule has 5 nitrogen and oxygen atoms in total. The van der Waals surface area contributed by atoms with Gasteiger partial charge < -0.3 is 21.9 Å². The summed E-state index contributed by atoms with van der Waals surface area (Å²) in [5.41, 5.74) is 0. The Morgan fingerprint density at radius 2 is 0.771 bits per heavy atom. The SMILES string of the molecule is CCCCCCCC/C=C\CCCCCCCC(=O)OC(C)C(OC(=O)CCCCCCC/C=C\CCCCCCCC)[N+](C)(C)C.[Cl-]. The summed E-state index contributed by atoms with van der Waals surface area (Å²) in [6.45, 7) is 6.38. The minimum atomic E-state index is -0.510. The Labute approximate surface area is 305 Å². The van der Waals surface area contributed by atoms with Crippen molar-refractivity contribution < 1.29 is 36.0 Å². The second-order valence-corrected chi connectivity index (χ2v) is 14.9. The highest BCUT2D eigenvalue weighted by molar-refractivity contribution is 5.70. The van der Waals surface area contributed by atoms with Crippen LogP contribution in [0.4, 0.5) is 0 Å². The molecule has 0 saturated heterocycles. The Kier molecular flexibility index (Phi) is 36.1. The van der Waals surface area contributed by atoms with Gasteiger partial charge in [-0.1, -0.05) is 141 Å². The average Bonchev–Trinajstić information content (AvgIpc) is 3.03. The van der Waals surface area contributed by atoms with Crippen LogP contribution in [0, 0.1) is 0 Å². The van der Waals surface area contributed by atoms with Gasteiger partial charge in [0, 0.05) is 12.8 Å². The zero-order valence-corrected chi connectivity index (χ0v) is 33.5. The molecule has 0 N–H and O–H groups in total. The second-order valence-electron chi connectivity index (χ2n) is 14.9. The van der Waals surface area contributed by atoms with E-state index in [1.165, 1.54) is 116 Å². The summed E-state index contributed by atoms with van der Waals surface area (Å²) in [6, 6.07) is 0. The highest BCUT2D eigenvalue weighted by atomic mass is 35.5. The monoisotopic (exact) mass is 698 g/mol. The molecule has 0 bridgehead atoms. The van der Waals surface area contributed by atoms with Crippen LogP contribution < -0.4 is 12.4 Å². The number of esters is 2. The lowest BCUT2D eigenvalue weighted by Crippen LogP contribution is -3.00. The molecule has 0 spiro atoms. The van der Waals surface area contributed by atoms with Crippen LogP contribution in [0.25, 0.3) is 0 Å². The number of halogens is 1. The van der Waals surface area contributed by atoms with E-state index in [1.54, 1.807) is 0 Å². The number of carbonyl (C=O) groups is 2. The van der Waals surface area contributed by atoms with E-state index in [0.717, 1.165) is 51.4 Å². The standard InChI is InChI=1S/C42H80NO4.ClH/c1-7-9-11-13-15-17-19-21-23-25-27-29-31-33-35-37-40(44)46-39(3)42(43(4,5)6)47-41(45)38-36-34-32-30-28-26-24-22-20-18-16-14-12-10-8-2;/h21-24,39,42H,7-20,25-38H2,1-6H3;1H/q+1;/p-1/b23-21-,24-22-;. The minimum Gasteiger partial charge on any atom is -1.00 e. The molecular formula is C42H80ClNO4. The van der Waals surface area contributed by atoms with Gasteiger partial charge in [0.25, 0.3) is 6.23 Å². The highest BCUT2D eigenvalue weighted by Crippen LogP contribution is 2.18. The van der Waals surface area contributed by atoms with Gasteiger partial charge >= 0.3 is 11.9 Å². The molecule has 284 valence electrons. The number of ether oxygens (including phenoxy) is 2. The van der Waals surface area contributed by atoms with E-state index >= 15 is 0 Å². The van der Waals surface area contributed by atoms with Crippen molar-refractivity contribution in [3.05, 3.63) is 24.3 Å². The van der Waals surface area contributed by atoms with E-state index in [2.05, 4.69) is 38.2 Å². The van der Waals surface area contributed by atoms with Crippen molar-refractivity contribution in [2.45, 2.75) is 213 Å². The molecule has 2 atom stereocenters. The lowest BCUT2D eigenvalue weighted by Gasteiger charge is -2.36. The third kappa shape index (κ3) is 33.2. The molecule has 0 aromatic rings. The maximum Gasteiger partial charge on any atom is 0.310 e. The number of nitrogens with zero attached hydrogens (tertiary/aromatic N) is 1. The lowest BCUT2D eigenvalue weighted by molar-refractivity contribution is -0.920. The molecule has 0 rings (SSSR count). The van der Waals surface area contributed by atoms with Crippen molar-refractivity contribution in [3.8, 4) is 0 Å². The topological polar surface area (TPSA) is 52.6 Å². The summed E-state index contributed by atoms with van der Waals surface area (Å²) < 4.78 is 12.0. The number of allylic oxidation sites excluding steroid dienone is 4. The summed E-state index contributed by atoms with van der Waals surface area (Å²) in [7, 11) is 5.94. The first-order chi connectivity index (χ1) is 22.7. The maximum absolute atomic E-state index is 12.7. The first kappa shape index (κ1) is 48.8. The van der Waals surface area contributed by atoms with E-state index in [-0.39, 0.29) is 24.3 Å². The predicted octanol–water partition coefficient (Wildman–Crippen LogP) is 9.57. The number of unbranched alkanes of at least 4 members (excludes halogenated alkanes) is 22. The van der Waals surface area contributed by atoms with Gasteiger partial charge in [0.2, 0.25) is 0 Å². The molecule has 0 aromatic heterocycles. The van der Waals surface area contributed by atoms with E-state index in [4.69, 9.17) is 9.47 Å². The summed E-state index contributed by atoms with van der Waals surface area (Å²) in [4.78, 5) is 25.2.